The van der Waals surface area contributed by atoms with Gasteiger partial charge >= 0.3 is 5.69 Å². The molecule has 2 aromatic carbocycles. The van der Waals surface area contributed by atoms with Gasteiger partial charge in [-0.05, 0) is 31.5 Å². The van der Waals surface area contributed by atoms with Crippen LogP contribution in [0.3, 0.4) is 0 Å². The normalized spacial score (nSPS) is 10.2. The second-order valence-corrected chi connectivity index (χ2v) is 4.67. The number of nitrogens with zero attached hydrogens (tertiary/aromatic N) is 1. The minimum absolute atomic E-state index is 0.154. The van der Waals surface area contributed by atoms with E-state index in [-0.39, 0.29) is 23.8 Å². The molecule has 0 aliphatic carbocycles. The number of hydrogen-bond donors (Lipinski definition) is 0. The highest BCUT2D eigenvalue weighted by atomic mass is 16.6. The lowest BCUT2D eigenvalue weighted by Gasteiger charge is -2.10. The number of ketones is 1. The van der Waals surface area contributed by atoms with Crippen LogP contribution >= 0.6 is 0 Å². The van der Waals surface area contributed by atoms with Crippen LogP contribution in [0, 0.1) is 17.0 Å². The zero-order chi connectivity index (χ0) is 15.4. The van der Waals surface area contributed by atoms with Crippen LogP contribution in [0.25, 0.3) is 0 Å². The lowest BCUT2D eigenvalue weighted by atomic mass is 10.0. The van der Waals surface area contributed by atoms with Crippen LogP contribution in [-0.4, -0.2) is 10.7 Å². The Bertz CT molecular complexity index is 680. The van der Waals surface area contributed by atoms with Gasteiger partial charge < -0.3 is 4.74 Å². The maximum Gasteiger partial charge on any atom is 0.314 e. The third kappa shape index (κ3) is 3.25. The summed E-state index contributed by atoms with van der Waals surface area (Å²) in [6, 6.07) is 12.4. The number of rotatable bonds is 5. The van der Waals surface area contributed by atoms with Crippen molar-refractivity contribution in [3.8, 4) is 5.75 Å². The first-order valence-electron chi connectivity index (χ1n) is 6.46. The fourth-order valence-corrected chi connectivity index (χ4v) is 2.14. The predicted octanol–water partition coefficient (Wildman–Crippen LogP) is 3.68. The SMILES string of the molecule is CC(=O)c1ccc(OCc2ccccc2)c([N+](=O)[O-])c1C. The highest BCUT2D eigenvalue weighted by molar-refractivity contribution is 5.96. The number of carbonyl (C=O) groups is 1. The summed E-state index contributed by atoms with van der Waals surface area (Å²) in [6.07, 6.45) is 0. The van der Waals surface area contributed by atoms with Crippen LogP contribution in [-0.2, 0) is 6.61 Å². The van der Waals surface area contributed by atoms with E-state index in [0.29, 0.717) is 11.1 Å². The third-order valence-corrected chi connectivity index (χ3v) is 3.19. The van der Waals surface area contributed by atoms with Crippen LogP contribution in [0.4, 0.5) is 5.69 Å². The molecular formula is C16H15NO4. The third-order valence-electron chi connectivity index (χ3n) is 3.19. The number of hydrogen-bond acceptors (Lipinski definition) is 4. The topological polar surface area (TPSA) is 69.4 Å². The Morgan fingerprint density at radius 1 is 1.19 bits per heavy atom. The molecule has 21 heavy (non-hydrogen) atoms. The van der Waals surface area contributed by atoms with E-state index in [0.717, 1.165) is 5.56 Å². The van der Waals surface area contributed by atoms with E-state index in [1.54, 1.807) is 13.0 Å². The number of nitro groups is 1. The number of Topliss-reactive ketones (excluding diaryl/α,β-unsaturated/α-hetero) is 1. The Hall–Kier alpha value is -2.69. The summed E-state index contributed by atoms with van der Waals surface area (Å²) in [4.78, 5) is 22.2. The van der Waals surface area contributed by atoms with Gasteiger partial charge in [-0.25, -0.2) is 0 Å². The molecule has 0 heterocycles. The molecule has 0 amide bonds. The molecule has 2 rings (SSSR count). The van der Waals surface area contributed by atoms with Crippen molar-refractivity contribution in [1.29, 1.82) is 0 Å². The van der Waals surface area contributed by atoms with E-state index in [1.165, 1.54) is 13.0 Å². The average Bonchev–Trinajstić information content (AvgIpc) is 2.45. The maximum absolute atomic E-state index is 11.5. The first kappa shape index (κ1) is 14.7. The monoisotopic (exact) mass is 285 g/mol. The van der Waals surface area contributed by atoms with Crippen molar-refractivity contribution in [3.05, 3.63) is 69.3 Å². The van der Waals surface area contributed by atoms with E-state index >= 15 is 0 Å². The largest absolute Gasteiger partial charge is 0.482 e. The molecule has 0 atom stereocenters. The van der Waals surface area contributed by atoms with Crippen molar-refractivity contribution in [2.45, 2.75) is 20.5 Å². The summed E-state index contributed by atoms with van der Waals surface area (Å²) in [7, 11) is 0. The van der Waals surface area contributed by atoms with Gasteiger partial charge in [0.25, 0.3) is 0 Å². The van der Waals surface area contributed by atoms with Gasteiger partial charge in [0.05, 0.1) is 4.92 Å². The van der Waals surface area contributed by atoms with Crippen LogP contribution in [0.5, 0.6) is 5.75 Å². The molecule has 0 fully saturated rings. The molecule has 0 aliphatic rings. The van der Waals surface area contributed by atoms with Crippen LogP contribution in [0.15, 0.2) is 42.5 Å². The van der Waals surface area contributed by atoms with Gasteiger partial charge in [-0.3, -0.25) is 14.9 Å². The summed E-state index contributed by atoms with van der Waals surface area (Å²) in [5.74, 6) is -0.0310. The summed E-state index contributed by atoms with van der Waals surface area (Å²) in [5, 5.41) is 11.2. The fraction of sp³-hybridized carbons (Fsp3) is 0.188. The first-order valence-corrected chi connectivity index (χ1v) is 6.46. The lowest BCUT2D eigenvalue weighted by molar-refractivity contribution is -0.386. The van der Waals surface area contributed by atoms with E-state index in [1.807, 2.05) is 30.3 Å². The Labute approximate surface area is 122 Å². The first-order chi connectivity index (χ1) is 10.0. The lowest BCUT2D eigenvalue weighted by Crippen LogP contribution is -2.04. The number of ether oxygens (including phenoxy) is 1. The van der Waals surface area contributed by atoms with E-state index in [9.17, 15) is 14.9 Å². The van der Waals surface area contributed by atoms with E-state index in [4.69, 9.17) is 4.74 Å². The molecule has 5 heteroatoms. The number of nitro benzene ring substituents is 1. The quantitative estimate of drug-likeness (QED) is 0.477. The molecule has 0 bridgehead atoms. The Kier molecular flexibility index (Phi) is 4.33. The summed E-state index contributed by atoms with van der Waals surface area (Å²) >= 11 is 0. The minimum atomic E-state index is -0.512. The summed E-state index contributed by atoms with van der Waals surface area (Å²) in [5.41, 5.74) is 1.44. The van der Waals surface area contributed by atoms with Gasteiger partial charge in [-0.2, -0.15) is 0 Å². The second kappa shape index (κ2) is 6.17. The Morgan fingerprint density at radius 3 is 2.43 bits per heavy atom. The highest BCUT2D eigenvalue weighted by Crippen LogP contribution is 2.33. The molecule has 0 saturated heterocycles. The summed E-state index contributed by atoms with van der Waals surface area (Å²) in [6.45, 7) is 3.18. The average molecular weight is 285 g/mol. The molecule has 0 saturated carbocycles. The zero-order valence-electron chi connectivity index (χ0n) is 11.8. The van der Waals surface area contributed by atoms with Crippen molar-refractivity contribution in [1.82, 2.24) is 0 Å². The highest BCUT2D eigenvalue weighted by Gasteiger charge is 2.23. The molecule has 108 valence electrons. The number of benzene rings is 2. The molecule has 0 radical (unpaired) electrons. The maximum atomic E-state index is 11.5. The van der Waals surface area contributed by atoms with Crippen molar-refractivity contribution < 1.29 is 14.5 Å². The predicted molar refractivity (Wildman–Crippen MR) is 78.6 cm³/mol. The van der Waals surface area contributed by atoms with Gasteiger partial charge in [0.2, 0.25) is 0 Å². The Morgan fingerprint density at radius 2 is 1.86 bits per heavy atom. The van der Waals surface area contributed by atoms with Gasteiger partial charge in [-0.1, -0.05) is 30.3 Å². The van der Waals surface area contributed by atoms with E-state index < -0.39 is 4.92 Å². The van der Waals surface area contributed by atoms with Gasteiger partial charge in [0, 0.05) is 11.1 Å². The van der Waals surface area contributed by atoms with Gasteiger partial charge in [0.15, 0.2) is 11.5 Å². The van der Waals surface area contributed by atoms with Crippen LogP contribution in [0.2, 0.25) is 0 Å². The standard InChI is InChI=1S/C16H15NO4/c1-11-14(12(2)18)8-9-15(16(11)17(19)20)21-10-13-6-4-3-5-7-13/h3-9H,10H2,1-2H3. The fourth-order valence-electron chi connectivity index (χ4n) is 2.14. The molecule has 0 spiro atoms. The van der Waals surface area contributed by atoms with E-state index in [2.05, 4.69) is 0 Å². The molecule has 0 N–H and O–H groups in total. The molecule has 0 aromatic heterocycles. The smallest absolute Gasteiger partial charge is 0.314 e. The molecule has 0 aliphatic heterocycles. The van der Waals surface area contributed by atoms with Crippen molar-refractivity contribution >= 4 is 11.5 Å². The molecule has 0 unspecified atom stereocenters. The minimum Gasteiger partial charge on any atom is -0.482 e. The van der Waals surface area contributed by atoms with Crippen LogP contribution < -0.4 is 4.74 Å². The zero-order valence-corrected chi connectivity index (χ0v) is 11.8. The van der Waals surface area contributed by atoms with Gasteiger partial charge in [0.1, 0.15) is 6.61 Å². The van der Waals surface area contributed by atoms with Crippen LogP contribution in [0.1, 0.15) is 28.4 Å². The van der Waals surface area contributed by atoms with Gasteiger partial charge in [-0.15, -0.1) is 0 Å². The molecule has 2 aromatic rings. The van der Waals surface area contributed by atoms with Crippen molar-refractivity contribution in [3.63, 3.8) is 0 Å². The van der Waals surface area contributed by atoms with Crippen molar-refractivity contribution in [2.24, 2.45) is 0 Å². The second-order valence-electron chi connectivity index (χ2n) is 4.67. The number of carbonyl (C=O) groups excluding carboxylic acids is 1. The Balaban J connectivity index is 2.33. The molecule has 5 nitrogen and oxygen atoms in total. The summed E-state index contributed by atoms with van der Waals surface area (Å²) < 4.78 is 5.55. The molecular weight excluding hydrogens is 270 g/mol. The van der Waals surface area contributed by atoms with Crippen molar-refractivity contribution in [2.75, 3.05) is 0 Å².